The van der Waals surface area contributed by atoms with Crippen LogP contribution in [0, 0.1) is 0 Å². The average molecular weight is 700 g/mol. The van der Waals surface area contributed by atoms with Crippen molar-refractivity contribution in [1.29, 1.82) is 0 Å². The van der Waals surface area contributed by atoms with E-state index in [4.69, 9.17) is 0 Å². The molecular formula is C54H37N. The van der Waals surface area contributed by atoms with Crippen molar-refractivity contribution in [3.8, 4) is 44.5 Å². The topological polar surface area (TPSA) is 3.24 Å². The minimum atomic E-state index is 1.10. The normalized spacial score (nSPS) is 11.3. The van der Waals surface area contributed by atoms with Crippen LogP contribution in [-0.2, 0) is 0 Å². The van der Waals surface area contributed by atoms with Crippen LogP contribution >= 0.6 is 0 Å². The van der Waals surface area contributed by atoms with Gasteiger partial charge < -0.3 is 4.90 Å². The molecule has 0 aliphatic rings. The maximum atomic E-state index is 2.36. The summed E-state index contributed by atoms with van der Waals surface area (Å²) in [6, 6.07) is 81.3. The van der Waals surface area contributed by atoms with E-state index in [1.165, 1.54) is 76.8 Å². The van der Waals surface area contributed by atoms with Gasteiger partial charge >= 0.3 is 0 Å². The Labute approximate surface area is 322 Å². The summed E-state index contributed by atoms with van der Waals surface area (Å²) in [5, 5.41) is 7.68. The summed E-state index contributed by atoms with van der Waals surface area (Å²) in [6.45, 7) is 0. The number of nitrogens with zero attached hydrogens (tertiary/aromatic N) is 1. The van der Waals surface area contributed by atoms with Crippen LogP contribution in [0.25, 0.3) is 76.8 Å². The minimum absolute atomic E-state index is 1.10. The molecule has 1 nitrogen and oxygen atoms in total. The Morgan fingerprint density at radius 2 is 0.709 bits per heavy atom. The van der Waals surface area contributed by atoms with Crippen LogP contribution in [0.5, 0.6) is 0 Å². The Balaban J connectivity index is 1.04. The molecule has 10 aromatic rings. The monoisotopic (exact) mass is 699 g/mol. The highest BCUT2D eigenvalue weighted by molar-refractivity contribution is 6.22. The van der Waals surface area contributed by atoms with Crippen molar-refractivity contribution in [2.24, 2.45) is 0 Å². The molecule has 0 saturated carbocycles. The quantitative estimate of drug-likeness (QED) is 0.150. The molecule has 0 aliphatic heterocycles. The lowest BCUT2D eigenvalue weighted by Crippen LogP contribution is -2.10. The number of hydrogen-bond donors (Lipinski definition) is 0. The maximum Gasteiger partial charge on any atom is 0.0467 e. The zero-order valence-corrected chi connectivity index (χ0v) is 30.3. The third-order valence-electron chi connectivity index (χ3n) is 10.9. The summed E-state index contributed by atoms with van der Waals surface area (Å²) in [4.78, 5) is 2.36. The average Bonchev–Trinajstić information content (AvgIpc) is 3.27. The molecule has 0 N–H and O–H groups in total. The Bertz CT molecular complexity index is 2930. The zero-order valence-electron chi connectivity index (χ0n) is 30.3. The number of hydrogen-bond acceptors (Lipinski definition) is 1. The molecule has 0 bridgehead atoms. The molecule has 0 radical (unpaired) electrons. The molecule has 10 aromatic carbocycles. The molecule has 0 unspecified atom stereocenters. The molecule has 10 rings (SSSR count). The molecule has 0 atom stereocenters. The van der Waals surface area contributed by atoms with Crippen molar-refractivity contribution in [3.63, 3.8) is 0 Å². The first kappa shape index (κ1) is 32.4. The van der Waals surface area contributed by atoms with Gasteiger partial charge in [0.25, 0.3) is 0 Å². The Morgan fingerprint density at radius 3 is 1.38 bits per heavy atom. The Morgan fingerprint density at radius 1 is 0.236 bits per heavy atom. The van der Waals surface area contributed by atoms with E-state index in [0.29, 0.717) is 0 Å². The second-order valence-corrected chi connectivity index (χ2v) is 14.1. The zero-order chi connectivity index (χ0) is 36.6. The van der Waals surface area contributed by atoms with Crippen LogP contribution in [0.2, 0.25) is 0 Å². The van der Waals surface area contributed by atoms with Gasteiger partial charge in [-0.1, -0.05) is 188 Å². The Kier molecular flexibility index (Phi) is 8.24. The van der Waals surface area contributed by atoms with Crippen LogP contribution in [-0.4, -0.2) is 0 Å². The second-order valence-electron chi connectivity index (χ2n) is 14.1. The third-order valence-corrected chi connectivity index (χ3v) is 10.9. The van der Waals surface area contributed by atoms with E-state index in [0.717, 1.165) is 17.1 Å². The lowest BCUT2D eigenvalue weighted by Gasteiger charge is -2.26. The first-order chi connectivity index (χ1) is 27.3. The molecule has 0 fully saturated rings. The summed E-state index contributed by atoms with van der Waals surface area (Å²) in [5.74, 6) is 0. The fraction of sp³-hybridized carbons (Fsp3) is 0. The Hall–Kier alpha value is -7.22. The van der Waals surface area contributed by atoms with Gasteiger partial charge in [0, 0.05) is 17.1 Å². The van der Waals surface area contributed by atoms with E-state index < -0.39 is 0 Å². The highest BCUT2D eigenvalue weighted by atomic mass is 15.1. The highest BCUT2D eigenvalue weighted by Gasteiger charge is 2.16. The first-order valence-corrected chi connectivity index (χ1v) is 18.9. The van der Waals surface area contributed by atoms with Crippen LogP contribution in [0.3, 0.4) is 0 Å². The summed E-state index contributed by atoms with van der Waals surface area (Å²) < 4.78 is 0. The van der Waals surface area contributed by atoms with Gasteiger partial charge in [-0.3, -0.25) is 0 Å². The summed E-state index contributed by atoms with van der Waals surface area (Å²) in [7, 11) is 0. The van der Waals surface area contributed by atoms with Crippen LogP contribution in [0.4, 0.5) is 17.1 Å². The van der Waals surface area contributed by atoms with Crippen LogP contribution in [0.15, 0.2) is 224 Å². The molecule has 0 heterocycles. The van der Waals surface area contributed by atoms with Crippen molar-refractivity contribution in [2.75, 3.05) is 4.90 Å². The van der Waals surface area contributed by atoms with Crippen molar-refractivity contribution < 1.29 is 0 Å². The van der Waals surface area contributed by atoms with Gasteiger partial charge in [0.05, 0.1) is 0 Å². The number of fused-ring (bicyclic) bond motifs is 5. The largest absolute Gasteiger partial charge is 0.310 e. The SMILES string of the molecule is c1ccc(-c2ccc(-c3ccc(N(c4ccc(-c5cccc6c5ccc5ccc7ccccc7c56)cc4)c4cccc(-c5ccccc5)c4)cc3)cc2)cc1. The fourth-order valence-electron chi connectivity index (χ4n) is 8.10. The molecular weight excluding hydrogens is 663 g/mol. The van der Waals surface area contributed by atoms with E-state index in [-0.39, 0.29) is 0 Å². The smallest absolute Gasteiger partial charge is 0.0467 e. The summed E-state index contributed by atoms with van der Waals surface area (Å²) >= 11 is 0. The maximum absolute atomic E-state index is 2.36. The van der Waals surface area contributed by atoms with Gasteiger partial charge in [0.2, 0.25) is 0 Å². The van der Waals surface area contributed by atoms with Gasteiger partial charge in [-0.15, -0.1) is 0 Å². The summed E-state index contributed by atoms with van der Waals surface area (Å²) in [5.41, 5.74) is 13.0. The van der Waals surface area contributed by atoms with Crippen molar-refractivity contribution in [3.05, 3.63) is 224 Å². The van der Waals surface area contributed by atoms with Crippen LogP contribution < -0.4 is 4.90 Å². The molecule has 0 aromatic heterocycles. The van der Waals surface area contributed by atoms with E-state index in [2.05, 4.69) is 229 Å². The van der Waals surface area contributed by atoms with E-state index in [1.807, 2.05) is 0 Å². The molecule has 258 valence electrons. The predicted octanol–water partition coefficient (Wildman–Crippen LogP) is 15.3. The van der Waals surface area contributed by atoms with E-state index in [1.54, 1.807) is 0 Å². The lowest BCUT2D eigenvalue weighted by atomic mass is 9.92. The molecule has 0 saturated heterocycles. The minimum Gasteiger partial charge on any atom is -0.310 e. The predicted molar refractivity (Wildman–Crippen MR) is 235 cm³/mol. The van der Waals surface area contributed by atoms with Crippen LogP contribution in [0.1, 0.15) is 0 Å². The van der Waals surface area contributed by atoms with Gasteiger partial charge in [-0.2, -0.15) is 0 Å². The number of anilines is 3. The summed E-state index contributed by atoms with van der Waals surface area (Å²) in [6.07, 6.45) is 0. The van der Waals surface area contributed by atoms with Gasteiger partial charge in [-0.25, -0.2) is 0 Å². The van der Waals surface area contributed by atoms with E-state index in [9.17, 15) is 0 Å². The van der Waals surface area contributed by atoms with Gasteiger partial charge in [0.15, 0.2) is 0 Å². The standard InChI is InChI=1S/C54H37N/c1-3-11-38(12-4-1)40-21-23-41(24-22-40)42-27-32-47(33-28-42)55(49-17-9-16-46(37-49)39-13-5-2-6-14-39)48-34-29-44(30-35-48)50-19-10-20-53-52(50)36-31-45-26-25-43-15-7-8-18-51(43)54(45)53/h1-37H. The van der Waals surface area contributed by atoms with Crippen molar-refractivity contribution >= 4 is 49.4 Å². The van der Waals surface area contributed by atoms with Gasteiger partial charge in [-0.05, 0) is 113 Å². The van der Waals surface area contributed by atoms with Crippen molar-refractivity contribution in [1.82, 2.24) is 0 Å². The van der Waals surface area contributed by atoms with E-state index >= 15 is 0 Å². The second kappa shape index (κ2) is 14.0. The number of benzene rings is 10. The van der Waals surface area contributed by atoms with Gasteiger partial charge in [0.1, 0.15) is 0 Å². The highest BCUT2D eigenvalue weighted by Crippen LogP contribution is 2.41. The molecule has 55 heavy (non-hydrogen) atoms. The molecule has 0 aliphatic carbocycles. The fourth-order valence-corrected chi connectivity index (χ4v) is 8.10. The lowest BCUT2D eigenvalue weighted by molar-refractivity contribution is 1.28. The van der Waals surface area contributed by atoms with Crippen molar-refractivity contribution in [2.45, 2.75) is 0 Å². The first-order valence-electron chi connectivity index (χ1n) is 18.9. The molecule has 0 amide bonds. The number of rotatable bonds is 7. The third kappa shape index (κ3) is 6.12. The molecule has 0 spiro atoms. The molecule has 1 heteroatoms.